The molecule has 3 N–H and O–H groups in total. The highest BCUT2D eigenvalue weighted by molar-refractivity contribution is 14.0. The molecule has 0 heterocycles. The molecule has 0 aromatic heterocycles. The monoisotopic (exact) mass is 518 g/mol. The van der Waals surface area contributed by atoms with Crippen molar-refractivity contribution in [3.05, 3.63) is 59.7 Å². The zero-order valence-electron chi connectivity index (χ0n) is 16.2. The van der Waals surface area contributed by atoms with Crippen molar-refractivity contribution in [3.8, 4) is 5.75 Å². The van der Waals surface area contributed by atoms with Crippen LogP contribution in [-0.4, -0.2) is 41.6 Å². The summed E-state index contributed by atoms with van der Waals surface area (Å²) in [6.07, 6.45) is 0. The van der Waals surface area contributed by atoms with Crippen LogP contribution in [0.15, 0.2) is 58.4 Å². The van der Waals surface area contributed by atoms with Gasteiger partial charge in [0.05, 0.1) is 12.0 Å². The largest absolute Gasteiger partial charge is 0.496 e. The first kappa shape index (κ1) is 24.2. The standard InChI is InChI=1S/C19H26N4O3S.HI/c1-15-8-10-17(11-9-15)27(24,25)23-13-12-21-19(20-2)22-14-16-6-4-5-7-18(16)26-3;/h4-11,23H,12-14H2,1-3H3,(H2,20,21,22);1H. The van der Waals surface area contributed by atoms with Gasteiger partial charge in [-0.2, -0.15) is 0 Å². The lowest BCUT2D eigenvalue weighted by atomic mass is 10.2. The van der Waals surface area contributed by atoms with E-state index in [1.54, 1.807) is 38.4 Å². The Morgan fingerprint density at radius 2 is 1.71 bits per heavy atom. The molecule has 0 amide bonds. The third-order valence-corrected chi connectivity index (χ3v) is 5.38. The molecule has 0 saturated carbocycles. The van der Waals surface area contributed by atoms with Gasteiger partial charge in [-0.15, -0.1) is 24.0 Å². The predicted octanol–water partition coefficient (Wildman–Crippen LogP) is 2.27. The lowest BCUT2D eigenvalue weighted by Crippen LogP contribution is -2.41. The predicted molar refractivity (Wildman–Crippen MR) is 123 cm³/mol. The van der Waals surface area contributed by atoms with Gasteiger partial charge < -0.3 is 15.4 Å². The number of ether oxygens (including phenoxy) is 1. The van der Waals surface area contributed by atoms with Crippen LogP contribution in [-0.2, 0) is 16.6 Å². The number of para-hydroxylation sites is 1. The summed E-state index contributed by atoms with van der Waals surface area (Å²) < 4.78 is 32.4. The van der Waals surface area contributed by atoms with E-state index in [9.17, 15) is 8.42 Å². The first-order valence-corrected chi connectivity index (χ1v) is 10.1. The van der Waals surface area contributed by atoms with E-state index in [-0.39, 0.29) is 35.4 Å². The second-order valence-corrected chi connectivity index (χ2v) is 7.64. The normalized spacial score (nSPS) is 11.5. The highest BCUT2D eigenvalue weighted by atomic mass is 127. The number of hydrogen-bond donors (Lipinski definition) is 3. The molecule has 0 radical (unpaired) electrons. The molecule has 0 bridgehead atoms. The summed E-state index contributed by atoms with van der Waals surface area (Å²) in [5, 5.41) is 6.26. The smallest absolute Gasteiger partial charge is 0.240 e. The van der Waals surface area contributed by atoms with Gasteiger partial charge in [-0.3, -0.25) is 4.99 Å². The molecule has 2 aromatic carbocycles. The number of nitrogens with zero attached hydrogens (tertiary/aromatic N) is 1. The number of sulfonamides is 1. The molecule has 0 saturated heterocycles. The lowest BCUT2D eigenvalue weighted by molar-refractivity contribution is 0.409. The van der Waals surface area contributed by atoms with Gasteiger partial charge >= 0.3 is 0 Å². The summed E-state index contributed by atoms with van der Waals surface area (Å²) in [7, 11) is -0.221. The molecule has 0 unspecified atom stereocenters. The Kier molecular flexibility index (Phi) is 10.3. The van der Waals surface area contributed by atoms with Gasteiger partial charge in [0.15, 0.2) is 5.96 Å². The molecular weight excluding hydrogens is 491 g/mol. The quantitative estimate of drug-likeness (QED) is 0.216. The van der Waals surface area contributed by atoms with E-state index in [1.807, 2.05) is 31.2 Å². The van der Waals surface area contributed by atoms with Crippen LogP contribution < -0.4 is 20.1 Å². The molecule has 0 aliphatic heterocycles. The molecule has 0 spiro atoms. The molecule has 2 rings (SSSR count). The Labute approximate surface area is 184 Å². The van der Waals surface area contributed by atoms with Crippen LogP contribution in [0, 0.1) is 6.92 Å². The number of benzene rings is 2. The fraction of sp³-hybridized carbons (Fsp3) is 0.316. The SMILES string of the molecule is CN=C(NCCNS(=O)(=O)c1ccc(C)cc1)NCc1ccccc1OC.I. The van der Waals surface area contributed by atoms with Gasteiger partial charge in [0.25, 0.3) is 0 Å². The van der Waals surface area contributed by atoms with Gasteiger partial charge in [0, 0.05) is 32.2 Å². The summed E-state index contributed by atoms with van der Waals surface area (Å²) >= 11 is 0. The minimum Gasteiger partial charge on any atom is -0.496 e. The van der Waals surface area contributed by atoms with Crippen LogP contribution >= 0.6 is 24.0 Å². The van der Waals surface area contributed by atoms with E-state index in [1.165, 1.54) is 0 Å². The van der Waals surface area contributed by atoms with E-state index in [4.69, 9.17) is 4.74 Å². The Morgan fingerprint density at radius 1 is 1.04 bits per heavy atom. The average molecular weight is 518 g/mol. The van der Waals surface area contributed by atoms with Gasteiger partial charge in [0.2, 0.25) is 10.0 Å². The van der Waals surface area contributed by atoms with E-state index in [0.29, 0.717) is 19.0 Å². The van der Waals surface area contributed by atoms with E-state index in [0.717, 1.165) is 16.9 Å². The van der Waals surface area contributed by atoms with Crippen LogP contribution in [0.4, 0.5) is 0 Å². The summed E-state index contributed by atoms with van der Waals surface area (Å²) in [5.41, 5.74) is 2.02. The number of halogens is 1. The lowest BCUT2D eigenvalue weighted by Gasteiger charge is -2.14. The van der Waals surface area contributed by atoms with Gasteiger partial charge in [-0.1, -0.05) is 35.9 Å². The topological polar surface area (TPSA) is 91.8 Å². The molecule has 0 aliphatic carbocycles. The Bertz CT molecular complexity index is 871. The highest BCUT2D eigenvalue weighted by Gasteiger charge is 2.12. The van der Waals surface area contributed by atoms with Crippen molar-refractivity contribution in [1.29, 1.82) is 0 Å². The van der Waals surface area contributed by atoms with Crippen molar-refractivity contribution >= 4 is 40.0 Å². The number of hydrogen-bond acceptors (Lipinski definition) is 4. The first-order chi connectivity index (χ1) is 13.0. The van der Waals surface area contributed by atoms with Crippen molar-refractivity contribution in [1.82, 2.24) is 15.4 Å². The fourth-order valence-corrected chi connectivity index (χ4v) is 3.45. The number of aryl methyl sites for hydroxylation is 1. The summed E-state index contributed by atoms with van der Waals surface area (Å²) in [6, 6.07) is 14.5. The summed E-state index contributed by atoms with van der Waals surface area (Å²) in [4.78, 5) is 4.39. The van der Waals surface area contributed by atoms with E-state index in [2.05, 4.69) is 20.3 Å². The second-order valence-electron chi connectivity index (χ2n) is 5.88. The van der Waals surface area contributed by atoms with Crippen molar-refractivity contribution in [2.45, 2.75) is 18.4 Å². The van der Waals surface area contributed by atoms with Crippen molar-refractivity contribution in [3.63, 3.8) is 0 Å². The van der Waals surface area contributed by atoms with Gasteiger partial charge in [0.1, 0.15) is 5.75 Å². The van der Waals surface area contributed by atoms with Crippen LogP contribution in [0.25, 0.3) is 0 Å². The Morgan fingerprint density at radius 3 is 2.36 bits per heavy atom. The minimum absolute atomic E-state index is 0. The molecule has 2 aromatic rings. The summed E-state index contributed by atoms with van der Waals surface area (Å²) in [6.45, 7) is 3.10. The molecule has 7 nitrogen and oxygen atoms in total. The number of methoxy groups -OCH3 is 1. The molecule has 0 atom stereocenters. The fourth-order valence-electron chi connectivity index (χ4n) is 2.42. The third-order valence-electron chi connectivity index (χ3n) is 3.90. The average Bonchev–Trinajstić information content (AvgIpc) is 2.68. The maximum Gasteiger partial charge on any atom is 0.240 e. The zero-order chi connectivity index (χ0) is 19.7. The molecule has 154 valence electrons. The minimum atomic E-state index is -3.51. The number of rotatable bonds is 8. The van der Waals surface area contributed by atoms with Crippen molar-refractivity contribution in [2.24, 2.45) is 4.99 Å². The number of aliphatic imine (C=N–C) groups is 1. The highest BCUT2D eigenvalue weighted by Crippen LogP contribution is 2.16. The molecule has 9 heteroatoms. The Hall–Kier alpha value is -1.85. The molecule has 0 fully saturated rings. The first-order valence-electron chi connectivity index (χ1n) is 8.59. The zero-order valence-corrected chi connectivity index (χ0v) is 19.4. The van der Waals surface area contributed by atoms with E-state index < -0.39 is 10.0 Å². The van der Waals surface area contributed by atoms with Gasteiger partial charge in [-0.25, -0.2) is 13.1 Å². The van der Waals surface area contributed by atoms with Crippen LogP contribution in [0.2, 0.25) is 0 Å². The van der Waals surface area contributed by atoms with Crippen LogP contribution in [0.3, 0.4) is 0 Å². The molecule has 28 heavy (non-hydrogen) atoms. The third kappa shape index (κ3) is 7.28. The maximum absolute atomic E-state index is 12.2. The molecule has 0 aliphatic rings. The van der Waals surface area contributed by atoms with Crippen molar-refractivity contribution < 1.29 is 13.2 Å². The number of guanidine groups is 1. The second kappa shape index (κ2) is 11.9. The van der Waals surface area contributed by atoms with Gasteiger partial charge in [-0.05, 0) is 25.1 Å². The number of nitrogens with one attached hydrogen (secondary N) is 3. The van der Waals surface area contributed by atoms with E-state index >= 15 is 0 Å². The summed E-state index contributed by atoms with van der Waals surface area (Å²) in [5.74, 6) is 1.38. The van der Waals surface area contributed by atoms with Crippen LogP contribution in [0.1, 0.15) is 11.1 Å². The van der Waals surface area contributed by atoms with Crippen molar-refractivity contribution in [2.75, 3.05) is 27.2 Å². The Balaban J connectivity index is 0.00000392. The molecular formula is C19H27IN4O3S. The maximum atomic E-state index is 12.2. The van der Waals surface area contributed by atoms with Crippen LogP contribution in [0.5, 0.6) is 5.75 Å².